The second kappa shape index (κ2) is 7.60. The predicted octanol–water partition coefficient (Wildman–Crippen LogP) is 3.34. The van der Waals surface area contributed by atoms with E-state index in [0.717, 1.165) is 41.7 Å². The summed E-state index contributed by atoms with van der Waals surface area (Å²) in [6.45, 7) is 1.38. The number of benzene rings is 1. The Morgan fingerprint density at radius 1 is 1.07 bits per heavy atom. The monoisotopic (exact) mass is 387 g/mol. The molecule has 0 spiro atoms. The molecule has 1 aromatic carbocycles. The standard InChI is InChI=1S/C22H21N5O2/c28-18-8-6-15(7-9-18)3-1-5-19-20-22(27(14-24-20)17-12-29-13-17)26-21(25-19)16-4-2-10-23-11-16/h2,4,6-11,14,17,28H,1,3,5,12-13H2. The number of rotatable bonds is 6. The largest absolute Gasteiger partial charge is 0.508 e. The highest BCUT2D eigenvalue weighted by molar-refractivity contribution is 5.76. The second-order valence-corrected chi connectivity index (χ2v) is 7.27. The van der Waals surface area contributed by atoms with Crippen LogP contribution in [-0.2, 0) is 17.6 Å². The predicted molar refractivity (Wildman–Crippen MR) is 109 cm³/mol. The highest BCUT2D eigenvalue weighted by Gasteiger charge is 2.24. The van der Waals surface area contributed by atoms with E-state index in [1.165, 1.54) is 5.56 Å². The lowest BCUT2D eigenvalue weighted by Gasteiger charge is -2.27. The number of imidazole rings is 1. The van der Waals surface area contributed by atoms with Crippen molar-refractivity contribution in [2.24, 2.45) is 0 Å². The number of aromatic hydroxyl groups is 1. The third-order valence-electron chi connectivity index (χ3n) is 5.24. The van der Waals surface area contributed by atoms with E-state index in [9.17, 15) is 5.11 Å². The normalized spacial score (nSPS) is 14.2. The van der Waals surface area contributed by atoms with E-state index >= 15 is 0 Å². The molecule has 0 atom stereocenters. The van der Waals surface area contributed by atoms with Crippen LogP contribution >= 0.6 is 0 Å². The van der Waals surface area contributed by atoms with E-state index < -0.39 is 0 Å². The first-order chi connectivity index (χ1) is 14.3. The van der Waals surface area contributed by atoms with Crippen LogP contribution in [0.3, 0.4) is 0 Å². The lowest BCUT2D eigenvalue weighted by molar-refractivity contribution is -0.0218. The van der Waals surface area contributed by atoms with Crippen LogP contribution in [0.4, 0.5) is 0 Å². The highest BCUT2D eigenvalue weighted by Crippen LogP contribution is 2.26. The minimum atomic E-state index is 0.279. The van der Waals surface area contributed by atoms with Crippen molar-refractivity contribution in [3.63, 3.8) is 0 Å². The number of phenolic OH excluding ortho intramolecular Hbond substituents is 1. The Labute approximate surface area is 168 Å². The number of nitrogens with zero attached hydrogens (tertiary/aromatic N) is 5. The fraction of sp³-hybridized carbons (Fsp3) is 0.273. The van der Waals surface area contributed by atoms with Crippen molar-refractivity contribution in [3.8, 4) is 17.1 Å². The lowest BCUT2D eigenvalue weighted by Crippen LogP contribution is -2.30. The first-order valence-corrected chi connectivity index (χ1v) is 9.77. The summed E-state index contributed by atoms with van der Waals surface area (Å²) in [4.78, 5) is 18.5. The van der Waals surface area contributed by atoms with Gasteiger partial charge in [-0.05, 0) is 49.1 Å². The third kappa shape index (κ3) is 3.56. The summed E-state index contributed by atoms with van der Waals surface area (Å²) in [5.74, 6) is 0.963. The van der Waals surface area contributed by atoms with E-state index in [-0.39, 0.29) is 11.8 Å². The van der Waals surface area contributed by atoms with E-state index in [2.05, 4.69) is 14.5 Å². The lowest BCUT2D eigenvalue weighted by atomic mass is 10.1. The van der Waals surface area contributed by atoms with Crippen molar-refractivity contribution >= 4 is 11.2 Å². The fourth-order valence-corrected chi connectivity index (χ4v) is 3.55. The van der Waals surface area contributed by atoms with Crippen LogP contribution in [0.5, 0.6) is 5.75 Å². The van der Waals surface area contributed by atoms with Crippen molar-refractivity contribution in [1.82, 2.24) is 24.5 Å². The minimum absolute atomic E-state index is 0.279. The summed E-state index contributed by atoms with van der Waals surface area (Å²) in [6, 6.07) is 11.5. The van der Waals surface area contributed by atoms with Crippen LogP contribution in [0.2, 0.25) is 0 Å². The van der Waals surface area contributed by atoms with E-state index in [0.29, 0.717) is 19.0 Å². The van der Waals surface area contributed by atoms with Gasteiger partial charge in [0.15, 0.2) is 11.5 Å². The molecule has 1 fully saturated rings. The molecule has 7 nitrogen and oxygen atoms in total. The number of pyridine rings is 1. The molecule has 0 amide bonds. The van der Waals surface area contributed by atoms with Crippen LogP contribution in [-0.4, -0.2) is 42.8 Å². The first kappa shape index (κ1) is 17.8. The Kier molecular flexibility index (Phi) is 4.65. The third-order valence-corrected chi connectivity index (χ3v) is 5.24. The first-order valence-electron chi connectivity index (χ1n) is 9.77. The summed E-state index contributed by atoms with van der Waals surface area (Å²) in [7, 11) is 0. The van der Waals surface area contributed by atoms with Crippen LogP contribution < -0.4 is 0 Å². The van der Waals surface area contributed by atoms with Gasteiger partial charge in [0.1, 0.15) is 11.3 Å². The van der Waals surface area contributed by atoms with Gasteiger partial charge < -0.3 is 14.4 Å². The van der Waals surface area contributed by atoms with Gasteiger partial charge in [-0.25, -0.2) is 15.0 Å². The van der Waals surface area contributed by atoms with Gasteiger partial charge in [-0.3, -0.25) is 4.98 Å². The van der Waals surface area contributed by atoms with E-state index in [1.807, 2.05) is 30.6 Å². The van der Waals surface area contributed by atoms with Gasteiger partial charge in [0, 0.05) is 18.0 Å². The number of fused-ring (bicyclic) bond motifs is 1. The van der Waals surface area contributed by atoms with Crippen molar-refractivity contribution in [2.45, 2.75) is 25.3 Å². The quantitative estimate of drug-likeness (QED) is 0.546. The molecule has 1 aliphatic rings. The molecule has 1 N–H and O–H groups in total. The number of phenols is 1. The summed E-state index contributed by atoms with van der Waals surface area (Å²) in [5.41, 5.74) is 4.75. The molecule has 1 saturated heterocycles. The summed E-state index contributed by atoms with van der Waals surface area (Å²) in [6.07, 6.45) is 8.02. The number of aryl methyl sites for hydroxylation is 2. The van der Waals surface area contributed by atoms with Gasteiger partial charge in [0.05, 0.1) is 31.3 Å². The summed E-state index contributed by atoms with van der Waals surface area (Å²) >= 11 is 0. The number of aromatic nitrogens is 5. The van der Waals surface area contributed by atoms with E-state index in [4.69, 9.17) is 14.7 Å². The zero-order valence-corrected chi connectivity index (χ0v) is 15.9. The maximum atomic E-state index is 9.45. The number of hydrogen-bond acceptors (Lipinski definition) is 6. The van der Waals surface area contributed by atoms with Gasteiger partial charge in [0.25, 0.3) is 0 Å². The molecule has 29 heavy (non-hydrogen) atoms. The van der Waals surface area contributed by atoms with Crippen LogP contribution in [0.15, 0.2) is 55.1 Å². The zero-order chi connectivity index (χ0) is 19.6. The molecule has 3 aromatic heterocycles. The van der Waals surface area contributed by atoms with E-state index in [1.54, 1.807) is 24.5 Å². The topological polar surface area (TPSA) is 86.0 Å². The van der Waals surface area contributed by atoms with Gasteiger partial charge in [-0.1, -0.05) is 12.1 Å². The Hall–Kier alpha value is -3.32. The molecule has 0 aliphatic carbocycles. The van der Waals surface area contributed by atoms with Crippen LogP contribution in [0, 0.1) is 0 Å². The summed E-state index contributed by atoms with van der Waals surface area (Å²) in [5, 5.41) is 9.45. The fourth-order valence-electron chi connectivity index (χ4n) is 3.55. The average molecular weight is 387 g/mol. The molecule has 5 rings (SSSR count). The van der Waals surface area contributed by atoms with Gasteiger partial charge in [-0.2, -0.15) is 0 Å². The maximum absolute atomic E-state index is 9.45. The minimum Gasteiger partial charge on any atom is -0.508 e. The second-order valence-electron chi connectivity index (χ2n) is 7.27. The molecule has 0 bridgehead atoms. The molecule has 4 aromatic rings. The van der Waals surface area contributed by atoms with Gasteiger partial charge in [0.2, 0.25) is 0 Å². The Balaban J connectivity index is 1.47. The molecule has 0 saturated carbocycles. The molecule has 146 valence electrons. The van der Waals surface area contributed by atoms with Crippen LogP contribution in [0.1, 0.15) is 23.7 Å². The van der Waals surface area contributed by atoms with Crippen molar-refractivity contribution in [2.75, 3.05) is 13.2 Å². The Morgan fingerprint density at radius 3 is 2.66 bits per heavy atom. The van der Waals surface area contributed by atoms with Gasteiger partial charge >= 0.3 is 0 Å². The molecule has 0 unspecified atom stereocenters. The van der Waals surface area contributed by atoms with Crippen molar-refractivity contribution in [1.29, 1.82) is 0 Å². The van der Waals surface area contributed by atoms with Gasteiger partial charge in [-0.15, -0.1) is 0 Å². The molecular formula is C22H21N5O2. The molecule has 1 aliphatic heterocycles. The van der Waals surface area contributed by atoms with Crippen molar-refractivity contribution < 1.29 is 9.84 Å². The van der Waals surface area contributed by atoms with Crippen LogP contribution in [0.25, 0.3) is 22.6 Å². The SMILES string of the molecule is Oc1ccc(CCCc2nc(-c3cccnc3)nc3c2ncn3C2COC2)cc1. The maximum Gasteiger partial charge on any atom is 0.164 e. The smallest absolute Gasteiger partial charge is 0.164 e. The molecule has 0 radical (unpaired) electrons. The molecular weight excluding hydrogens is 366 g/mol. The summed E-state index contributed by atoms with van der Waals surface area (Å²) < 4.78 is 7.46. The Bertz CT molecular complexity index is 1120. The number of hydrogen-bond donors (Lipinski definition) is 1. The molecule has 7 heteroatoms. The average Bonchev–Trinajstić information content (AvgIpc) is 3.12. The zero-order valence-electron chi connectivity index (χ0n) is 15.9. The highest BCUT2D eigenvalue weighted by atomic mass is 16.5. The molecule has 4 heterocycles. The Morgan fingerprint density at radius 2 is 1.93 bits per heavy atom. The van der Waals surface area contributed by atoms with Crippen molar-refractivity contribution in [3.05, 3.63) is 66.4 Å². The number of ether oxygens (including phenoxy) is 1.